The van der Waals surface area contributed by atoms with Crippen molar-refractivity contribution >= 4 is 0 Å². The van der Waals surface area contributed by atoms with Crippen molar-refractivity contribution in [1.82, 2.24) is 25.5 Å². The Kier molecular flexibility index (Phi) is 3.53. The molecule has 0 bridgehead atoms. The van der Waals surface area contributed by atoms with Gasteiger partial charge in [-0.1, -0.05) is 19.8 Å². The van der Waals surface area contributed by atoms with E-state index >= 15 is 0 Å². The van der Waals surface area contributed by atoms with Crippen LogP contribution in [0.3, 0.4) is 0 Å². The Morgan fingerprint density at radius 1 is 1.50 bits per heavy atom. The SMILES string of the molecule is CNC(C)c1nnnn1CC1CCCC1C. The largest absolute Gasteiger partial charge is 0.311 e. The third kappa shape index (κ3) is 2.24. The number of tetrazole rings is 1. The second kappa shape index (κ2) is 4.91. The smallest absolute Gasteiger partial charge is 0.167 e. The fourth-order valence-electron chi connectivity index (χ4n) is 2.50. The van der Waals surface area contributed by atoms with E-state index in [2.05, 4.69) is 34.7 Å². The van der Waals surface area contributed by atoms with Gasteiger partial charge in [-0.3, -0.25) is 0 Å². The average Bonchev–Trinajstić information content (AvgIpc) is 2.88. The quantitative estimate of drug-likeness (QED) is 0.838. The highest BCUT2D eigenvalue weighted by molar-refractivity contribution is 4.90. The maximum Gasteiger partial charge on any atom is 0.167 e. The van der Waals surface area contributed by atoms with Crippen LogP contribution in [0.15, 0.2) is 0 Å². The molecule has 5 nitrogen and oxygen atoms in total. The standard InChI is InChI=1S/C11H21N5/c1-8-5-4-6-10(8)7-16-11(9(2)12-3)13-14-15-16/h8-10,12H,4-7H2,1-3H3. The molecule has 0 radical (unpaired) electrons. The molecule has 2 rings (SSSR count). The summed E-state index contributed by atoms with van der Waals surface area (Å²) in [5, 5.41) is 15.2. The van der Waals surface area contributed by atoms with E-state index in [1.165, 1.54) is 19.3 Å². The van der Waals surface area contributed by atoms with E-state index in [0.29, 0.717) is 0 Å². The van der Waals surface area contributed by atoms with Gasteiger partial charge in [-0.2, -0.15) is 0 Å². The van der Waals surface area contributed by atoms with Crippen LogP contribution in [-0.4, -0.2) is 27.3 Å². The highest BCUT2D eigenvalue weighted by Crippen LogP contribution is 2.32. The van der Waals surface area contributed by atoms with Gasteiger partial charge in [0.05, 0.1) is 6.04 Å². The first-order chi connectivity index (χ1) is 7.72. The lowest BCUT2D eigenvalue weighted by Gasteiger charge is -2.17. The molecule has 1 heterocycles. The molecule has 1 N–H and O–H groups in total. The molecule has 3 atom stereocenters. The topological polar surface area (TPSA) is 55.6 Å². The van der Waals surface area contributed by atoms with Crippen LogP contribution in [0.4, 0.5) is 0 Å². The highest BCUT2D eigenvalue weighted by Gasteiger charge is 2.25. The van der Waals surface area contributed by atoms with Gasteiger partial charge < -0.3 is 5.32 Å². The van der Waals surface area contributed by atoms with Crippen molar-refractivity contribution < 1.29 is 0 Å². The normalized spacial score (nSPS) is 27.2. The zero-order valence-electron chi connectivity index (χ0n) is 10.3. The average molecular weight is 223 g/mol. The van der Waals surface area contributed by atoms with Crippen LogP contribution >= 0.6 is 0 Å². The highest BCUT2D eigenvalue weighted by atomic mass is 15.5. The van der Waals surface area contributed by atoms with Gasteiger partial charge in [-0.05, 0) is 42.7 Å². The molecule has 1 fully saturated rings. The van der Waals surface area contributed by atoms with Crippen molar-refractivity contribution in [2.75, 3.05) is 7.05 Å². The van der Waals surface area contributed by atoms with Crippen LogP contribution in [0.1, 0.15) is 45.0 Å². The van der Waals surface area contributed by atoms with E-state index in [4.69, 9.17) is 0 Å². The molecule has 5 heteroatoms. The number of nitrogens with one attached hydrogen (secondary N) is 1. The summed E-state index contributed by atoms with van der Waals surface area (Å²) in [7, 11) is 1.93. The third-order valence-corrected chi connectivity index (χ3v) is 3.83. The van der Waals surface area contributed by atoms with Gasteiger partial charge in [-0.25, -0.2) is 4.68 Å². The monoisotopic (exact) mass is 223 g/mol. The minimum atomic E-state index is 0.215. The van der Waals surface area contributed by atoms with E-state index in [1.807, 2.05) is 11.7 Å². The van der Waals surface area contributed by atoms with Crippen LogP contribution in [0.25, 0.3) is 0 Å². The first-order valence-corrected chi connectivity index (χ1v) is 6.15. The minimum absolute atomic E-state index is 0.215. The van der Waals surface area contributed by atoms with Crippen molar-refractivity contribution in [2.24, 2.45) is 11.8 Å². The Balaban J connectivity index is 2.06. The summed E-state index contributed by atoms with van der Waals surface area (Å²) >= 11 is 0. The zero-order valence-corrected chi connectivity index (χ0v) is 10.3. The molecule has 0 saturated heterocycles. The van der Waals surface area contributed by atoms with E-state index in [0.717, 1.165) is 24.2 Å². The fraction of sp³-hybridized carbons (Fsp3) is 0.909. The van der Waals surface area contributed by atoms with Gasteiger partial charge >= 0.3 is 0 Å². The first kappa shape index (κ1) is 11.5. The molecular weight excluding hydrogens is 202 g/mol. The van der Waals surface area contributed by atoms with E-state index < -0.39 is 0 Å². The molecule has 1 aliphatic carbocycles. The number of aromatic nitrogens is 4. The van der Waals surface area contributed by atoms with Gasteiger partial charge in [0.2, 0.25) is 0 Å². The van der Waals surface area contributed by atoms with Crippen LogP contribution in [-0.2, 0) is 6.54 Å². The summed E-state index contributed by atoms with van der Waals surface area (Å²) in [4.78, 5) is 0. The van der Waals surface area contributed by atoms with Crippen LogP contribution in [0.5, 0.6) is 0 Å². The number of rotatable bonds is 4. The Morgan fingerprint density at radius 2 is 2.31 bits per heavy atom. The van der Waals surface area contributed by atoms with Crippen LogP contribution in [0, 0.1) is 11.8 Å². The number of hydrogen-bond acceptors (Lipinski definition) is 4. The van der Waals surface area contributed by atoms with E-state index in [-0.39, 0.29) is 6.04 Å². The van der Waals surface area contributed by atoms with Crippen LogP contribution < -0.4 is 5.32 Å². The maximum atomic E-state index is 4.10. The lowest BCUT2D eigenvalue weighted by molar-refractivity contribution is 0.333. The Labute approximate surface area is 96.6 Å². The first-order valence-electron chi connectivity index (χ1n) is 6.15. The van der Waals surface area contributed by atoms with Crippen molar-refractivity contribution in [3.63, 3.8) is 0 Å². The van der Waals surface area contributed by atoms with Gasteiger partial charge in [0.25, 0.3) is 0 Å². The molecule has 3 unspecified atom stereocenters. The van der Waals surface area contributed by atoms with Crippen molar-refractivity contribution in [3.8, 4) is 0 Å². The van der Waals surface area contributed by atoms with Gasteiger partial charge in [0.1, 0.15) is 0 Å². The predicted molar refractivity (Wildman–Crippen MR) is 61.8 cm³/mol. The lowest BCUT2D eigenvalue weighted by Crippen LogP contribution is -2.22. The second-order valence-corrected chi connectivity index (χ2v) is 4.90. The number of hydrogen-bond donors (Lipinski definition) is 1. The lowest BCUT2D eigenvalue weighted by atomic mass is 9.98. The van der Waals surface area contributed by atoms with E-state index in [1.54, 1.807) is 0 Å². The van der Waals surface area contributed by atoms with Gasteiger partial charge in [-0.15, -0.1) is 5.10 Å². The number of nitrogens with zero attached hydrogens (tertiary/aromatic N) is 4. The molecule has 0 spiro atoms. The summed E-state index contributed by atoms with van der Waals surface area (Å²) in [6, 6.07) is 0.215. The molecule has 1 aromatic rings. The molecule has 0 amide bonds. The second-order valence-electron chi connectivity index (χ2n) is 4.90. The molecule has 1 saturated carbocycles. The van der Waals surface area contributed by atoms with Gasteiger partial charge in [0.15, 0.2) is 5.82 Å². The minimum Gasteiger partial charge on any atom is -0.311 e. The summed E-state index contributed by atoms with van der Waals surface area (Å²) in [6.07, 6.45) is 4.02. The maximum absolute atomic E-state index is 4.10. The summed E-state index contributed by atoms with van der Waals surface area (Å²) in [6.45, 7) is 5.39. The summed E-state index contributed by atoms with van der Waals surface area (Å²) in [5.74, 6) is 2.50. The van der Waals surface area contributed by atoms with Crippen molar-refractivity contribution in [2.45, 2.75) is 45.7 Å². The third-order valence-electron chi connectivity index (χ3n) is 3.83. The predicted octanol–water partition coefficient (Wildman–Crippen LogP) is 1.39. The fourth-order valence-corrected chi connectivity index (χ4v) is 2.50. The molecule has 16 heavy (non-hydrogen) atoms. The zero-order chi connectivity index (χ0) is 11.5. The Hall–Kier alpha value is -0.970. The van der Waals surface area contributed by atoms with Crippen molar-refractivity contribution in [3.05, 3.63) is 5.82 Å². The molecule has 90 valence electrons. The van der Waals surface area contributed by atoms with Crippen molar-refractivity contribution in [1.29, 1.82) is 0 Å². The Bertz CT molecular complexity index is 335. The van der Waals surface area contributed by atoms with Crippen LogP contribution in [0.2, 0.25) is 0 Å². The molecule has 0 aliphatic heterocycles. The molecule has 1 aliphatic rings. The molecular formula is C11H21N5. The summed E-state index contributed by atoms with van der Waals surface area (Å²) in [5.41, 5.74) is 0. The van der Waals surface area contributed by atoms with E-state index in [9.17, 15) is 0 Å². The molecule has 1 aromatic heterocycles. The Morgan fingerprint density at radius 3 is 2.94 bits per heavy atom. The summed E-state index contributed by atoms with van der Waals surface area (Å²) < 4.78 is 1.97. The molecule has 0 aromatic carbocycles. The van der Waals surface area contributed by atoms with Gasteiger partial charge in [0, 0.05) is 6.54 Å².